The molecule has 2 atom stereocenters. The topological polar surface area (TPSA) is 59.0 Å². The number of benzene rings is 1. The third kappa shape index (κ3) is 1.96. The van der Waals surface area contributed by atoms with E-state index in [-0.39, 0.29) is 18.0 Å². The molecule has 5 heteroatoms. The first-order valence-corrected chi connectivity index (χ1v) is 7.40. The monoisotopic (exact) mass is 282 g/mol. The van der Waals surface area contributed by atoms with Crippen LogP contribution in [0, 0.1) is 0 Å². The molecule has 1 amide bonds. The van der Waals surface area contributed by atoms with Crippen LogP contribution in [0.25, 0.3) is 0 Å². The van der Waals surface area contributed by atoms with Crippen molar-refractivity contribution in [1.82, 2.24) is 15.1 Å². The van der Waals surface area contributed by atoms with E-state index in [1.54, 1.807) is 0 Å². The number of aryl methyl sites for hydroxylation is 1. The van der Waals surface area contributed by atoms with Crippen molar-refractivity contribution in [3.8, 4) is 0 Å². The Labute approximate surface area is 123 Å². The van der Waals surface area contributed by atoms with Crippen LogP contribution in [-0.2, 0) is 18.3 Å². The van der Waals surface area contributed by atoms with Crippen molar-refractivity contribution < 1.29 is 4.79 Å². The van der Waals surface area contributed by atoms with Crippen molar-refractivity contribution in [3.05, 3.63) is 47.3 Å². The van der Waals surface area contributed by atoms with E-state index < -0.39 is 0 Å². The summed E-state index contributed by atoms with van der Waals surface area (Å²) in [6.45, 7) is 0. The summed E-state index contributed by atoms with van der Waals surface area (Å²) in [5, 5.41) is 10.8. The Morgan fingerprint density at radius 2 is 2.19 bits per heavy atom. The van der Waals surface area contributed by atoms with Gasteiger partial charge < -0.3 is 5.32 Å². The Bertz CT molecular complexity index is 706. The number of hydrogen-bond donors (Lipinski definition) is 2. The van der Waals surface area contributed by atoms with Crippen LogP contribution >= 0.6 is 0 Å². The highest BCUT2D eigenvalue weighted by Crippen LogP contribution is 2.35. The number of aromatic nitrogens is 2. The number of carbonyl (C=O) groups is 1. The van der Waals surface area contributed by atoms with Crippen LogP contribution in [0.5, 0.6) is 0 Å². The van der Waals surface area contributed by atoms with E-state index in [4.69, 9.17) is 0 Å². The van der Waals surface area contributed by atoms with Crippen LogP contribution in [0.15, 0.2) is 30.5 Å². The molecule has 0 radical (unpaired) electrons. The van der Waals surface area contributed by atoms with Gasteiger partial charge in [-0.05, 0) is 25.3 Å². The molecule has 2 N–H and O–H groups in total. The highest BCUT2D eigenvalue weighted by atomic mass is 16.2. The average Bonchev–Trinajstić information content (AvgIpc) is 3.02. The van der Waals surface area contributed by atoms with Gasteiger partial charge in [-0.2, -0.15) is 5.10 Å². The molecule has 1 aromatic carbocycles. The lowest BCUT2D eigenvalue weighted by atomic mass is 9.92. The zero-order chi connectivity index (χ0) is 14.4. The maximum atomic E-state index is 12.2. The van der Waals surface area contributed by atoms with Crippen molar-refractivity contribution in [2.75, 3.05) is 5.32 Å². The molecule has 4 rings (SSSR count). The molecule has 2 aromatic rings. The molecule has 0 spiro atoms. The standard InChI is InChI=1S/C16H18N4O/c1-20-14-8-4-7-13(11(14)9-17-20)18-15-10-5-2-3-6-12(10)19-16(15)21/h2-3,5-6,9,13,15,18H,4,7-8H2,1H3,(H,19,21). The molecule has 2 unspecified atom stereocenters. The zero-order valence-electron chi connectivity index (χ0n) is 12.0. The second kappa shape index (κ2) is 4.70. The van der Waals surface area contributed by atoms with Gasteiger partial charge in [-0.1, -0.05) is 18.2 Å². The third-order valence-corrected chi connectivity index (χ3v) is 4.54. The van der Waals surface area contributed by atoms with Crippen LogP contribution in [0.3, 0.4) is 0 Å². The molecule has 1 aliphatic carbocycles. The fraction of sp³-hybridized carbons (Fsp3) is 0.375. The molecular weight excluding hydrogens is 264 g/mol. The van der Waals surface area contributed by atoms with Gasteiger partial charge in [0.05, 0.1) is 6.20 Å². The molecule has 5 nitrogen and oxygen atoms in total. The minimum absolute atomic E-state index is 0.0345. The number of nitrogens with one attached hydrogen (secondary N) is 2. The first-order valence-electron chi connectivity index (χ1n) is 7.40. The highest BCUT2D eigenvalue weighted by Gasteiger charge is 2.34. The Morgan fingerprint density at radius 3 is 3.10 bits per heavy atom. The molecule has 0 saturated carbocycles. The molecular formula is C16H18N4O. The van der Waals surface area contributed by atoms with Crippen molar-refractivity contribution in [1.29, 1.82) is 0 Å². The molecule has 2 aliphatic rings. The summed E-state index contributed by atoms with van der Waals surface area (Å²) in [7, 11) is 1.98. The second-order valence-electron chi connectivity index (χ2n) is 5.79. The summed E-state index contributed by atoms with van der Waals surface area (Å²) in [5.74, 6) is 0.0345. The largest absolute Gasteiger partial charge is 0.324 e. The van der Waals surface area contributed by atoms with Gasteiger partial charge in [0.25, 0.3) is 0 Å². The number of hydrogen-bond acceptors (Lipinski definition) is 3. The summed E-state index contributed by atoms with van der Waals surface area (Å²) in [4.78, 5) is 12.2. The highest BCUT2D eigenvalue weighted by molar-refractivity contribution is 6.02. The molecule has 0 saturated heterocycles. The Hall–Kier alpha value is -2.14. The van der Waals surface area contributed by atoms with Gasteiger partial charge in [0, 0.05) is 35.6 Å². The maximum Gasteiger partial charge on any atom is 0.246 e. The van der Waals surface area contributed by atoms with Gasteiger partial charge in [-0.25, -0.2) is 0 Å². The van der Waals surface area contributed by atoms with E-state index in [1.807, 2.05) is 42.2 Å². The van der Waals surface area contributed by atoms with Gasteiger partial charge in [0.1, 0.15) is 6.04 Å². The lowest BCUT2D eigenvalue weighted by Gasteiger charge is -2.26. The van der Waals surface area contributed by atoms with Crippen LogP contribution in [0.1, 0.15) is 41.7 Å². The molecule has 1 aromatic heterocycles. The Balaban J connectivity index is 1.64. The first-order chi connectivity index (χ1) is 10.2. The molecule has 21 heavy (non-hydrogen) atoms. The van der Waals surface area contributed by atoms with E-state index in [9.17, 15) is 4.79 Å². The van der Waals surface area contributed by atoms with E-state index in [2.05, 4.69) is 15.7 Å². The van der Waals surface area contributed by atoms with Gasteiger partial charge in [0.15, 0.2) is 0 Å². The van der Waals surface area contributed by atoms with E-state index in [0.29, 0.717) is 0 Å². The molecule has 0 bridgehead atoms. The third-order valence-electron chi connectivity index (χ3n) is 4.54. The number of carbonyl (C=O) groups excluding carboxylic acids is 1. The predicted octanol–water partition coefficient (Wildman–Crippen LogP) is 2.08. The van der Waals surface area contributed by atoms with Gasteiger partial charge in [0.2, 0.25) is 5.91 Å². The summed E-state index contributed by atoms with van der Waals surface area (Å²) < 4.78 is 1.95. The number of anilines is 1. The summed E-state index contributed by atoms with van der Waals surface area (Å²) in [6.07, 6.45) is 5.17. The minimum Gasteiger partial charge on any atom is -0.324 e. The lowest BCUT2D eigenvalue weighted by molar-refractivity contribution is -0.117. The van der Waals surface area contributed by atoms with Crippen molar-refractivity contribution >= 4 is 11.6 Å². The van der Waals surface area contributed by atoms with E-state index in [0.717, 1.165) is 30.5 Å². The van der Waals surface area contributed by atoms with Crippen LogP contribution in [-0.4, -0.2) is 15.7 Å². The van der Waals surface area contributed by atoms with Gasteiger partial charge >= 0.3 is 0 Å². The smallest absolute Gasteiger partial charge is 0.246 e. The summed E-state index contributed by atoms with van der Waals surface area (Å²) >= 11 is 0. The number of para-hydroxylation sites is 1. The average molecular weight is 282 g/mol. The Kier molecular flexibility index (Phi) is 2.82. The zero-order valence-corrected chi connectivity index (χ0v) is 12.0. The van der Waals surface area contributed by atoms with Crippen LogP contribution in [0.2, 0.25) is 0 Å². The first kappa shape index (κ1) is 12.6. The van der Waals surface area contributed by atoms with Crippen molar-refractivity contribution in [2.45, 2.75) is 31.3 Å². The maximum absolute atomic E-state index is 12.2. The van der Waals surface area contributed by atoms with E-state index in [1.165, 1.54) is 11.3 Å². The van der Waals surface area contributed by atoms with Crippen LogP contribution < -0.4 is 10.6 Å². The normalized spacial score (nSPS) is 23.6. The van der Waals surface area contributed by atoms with Crippen molar-refractivity contribution in [3.63, 3.8) is 0 Å². The number of nitrogens with zero attached hydrogens (tertiary/aromatic N) is 2. The summed E-state index contributed by atoms with van der Waals surface area (Å²) in [5.41, 5.74) is 4.48. The number of amides is 1. The lowest BCUT2D eigenvalue weighted by Crippen LogP contribution is -2.33. The quantitative estimate of drug-likeness (QED) is 0.886. The second-order valence-corrected chi connectivity index (χ2v) is 5.79. The SMILES string of the molecule is Cn1ncc2c1CCCC2NC1C(=O)Nc2ccccc21. The fourth-order valence-corrected chi connectivity index (χ4v) is 3.45. The molecule has 1 aliphatic heterocycles. The Morgan fingerprint density at radius 1 is 1.33 bits per heavy atom. The number of rotatable bonds is 2. The summed E-state index contributed by atoms with van der Waals surface area (Å²) in [6, 6.07) is 7.82. The molecule has 0 fully saturated rings. The molecule has 2 heterocycles. The van der Waals surface area contributed by atoms with Crippen molar-refractivity contribution in [2.24, 2.45) is 7.05 Å². The number of fused-ring (bicyclic) bond motifs is 2. The van der Waals surface area contributed by atoms with Gasteiger partial charge in [-0.3, -0.25) is 14.8 Å². The molecule has 108 valence electrons. The van der Waals surface area contributed by atoms with Crippen LogP contribution in [0.4, 0.5) is 5.69 Å². The van der Waals surface area contributed by atoms with E-state index >= 15 is 0 Å². The predicted molar refractivity (Wildman–Crippen MR) is 79.8 cm³/mol. The minimum atomic E-state index is -0.266. The fourth-order valence-electron chi connectivity index (χ4n) is 3.45. The van der Waals surface area contributed by atoms with Gasteiger partial charge in [-0.15, -0.1) is 0 Å².